The van der Waals surface area contributed by atoms with Gasteiger partial charge in [-0.15, -0.1) is 0 Å². The van der Waals surface area contributed by atoms with Crippen molar-refractivity contribution in [3.63, 3.8) is 0 Å². The molecule has 0 heteroatoms. The molecule has 0 heterocycles. The first kappa shape index (κ1) is 19.7. The predicted octanol–water partition coefficient (Wildman–Crippen LogP) is 7.10. The highest BCUT2D eigenvalue weighted by molar-refractivity contribution is 5.02. The Labute approximate surface area is 129 Å². The molecule has 0 aromatic heterocycles. The van der Waals surface area contributed by atoms with Crippen molar-refractivity contribution >= 4 is 0 Å². The Morgan fingerprint density at radius 2 is 1.45 bits per heavy atom. The predicted molar refractivity (Wildman–Crippen MR) is 94.0 cm³/mol. The van der Waals surface area contributed by atoms with Crippen molar-refractivity contribution in [2.75, 3.05) is 0 Å². The van der Waals surface area contributed by atoms with Gasteiger partial charge in [0.1, 0.15) is 0 Å². The maximum absolute atomic E-state index is 2.50. The molecular formula is C20H40. The summed E-state index contributed by atoms with van der Waals surface area (Å²) in [6.45, 7) is 19.0. The van der Waals surface area contributed by atoms with Crippen LogP contribution in [0.1, 0.15) is 87.5 Å². The van der Waals surface area contributed by atoms with E-state index < -0.39 is 0 Å². The lowest BCUT2D eigenvalue weighted by atomic mass is 9.79. The largest absolute Gasteiger partial charge is 0.0851 e. The third-order valence-electron chi connectivity index (χ3n) is 5.81. The third kappa shape index (κ3) is 7.50. The first-order chi connectivity index (χ1) is 9.33. The van der Waals surface area contributed by atoms with Gasteiger partial charge in [-0.25, -0.2) is 0 Å². The molecule has 0 fully saturated rings. The van der Waals surface area contributed by atoms with E-state index in [-0.39, 0.29) is 0 Å². The summed E-state index contributed by atoms with van der Waals surface area (Å²) in [6, 6.07) is 0. The van der Waals surface area contributed by atoms with Gasteiger partial charge >= 0.3 is 0 Å². The van der Waals surface area contributed by atoms with Crippen molar-refractivity contribution in [1.29, 1.82) is 0 Å². The van der Waals surface area contributed by atoms with E-state index in [2.05, 4.69) is 61.5 Å². The molecule has 0 nitrogen and oxygen atoms in total. The van der Waals surface area contributed by atoms with E-state index in [1.165, 1.54) is 32.1 Å². The summed E-state index contributed by atoms with van der Waals surface area (Å²) < 4.78 is 0. The van der Waals surface area contributed by atoms with Gasteiger partial charge in [0, 0.05) is 0 Å². The zero-order chi connectivity index (χ0) is 15.7. The number of allylic oxidation sites excluding steroid dienone is 2. The van der Waals surface area contributed by atoms with Crippen LogP contribution in [-0.4, -0.2) is 0 Å². The van der Waals surface area contributed by atoms with Crippen LogP contribution < -0.4 is 0 Å². The van der Waals surface area contributed by atoms with Crippen LogP contribution in [0.2, 0.25) is 0 Å². The highest BCUT2D eigenvalue weighted by atomic mass is 14.2. The van der Waals surface area contributed by atoms with Gasteiger partial charge in [0.25, 0.3) is 0 Å². The molecule has 0 saturated carbocycles. The molecule has 0 saturated heterocycles. The summed E-state index contributed by atoms with van der Waals surface area (Å²) in [5, 5.41) is 0. The monoisotopic (exact) mass is 280 g/mol. The molecule has 0 aromatic rings. The number of hydrogen-bond donors (Lipinski definition) is 0. The molecule has 0 aliphatic carbocycles. The molecule has 0 bridgehead atoms. The van der Waals surface area contributed by atoms with E-state index in [0.29, 0.717) is 0 Å². The average Bonchev–Trinajstić information content (AvgIpc) is 2.47. The molecule has 120 valence electrons. The van der Waals surface area contributed by atoms with Crippen LogP contribution in [0, 0.1) is 29.6 Å². The highest BCUT2D eigenvalue weighted by Crippen LogP contribution is 2.29. The average molecular weight is 281 g/mol. The fourth-order valence-electron chi connectivity index (χ4n) is 2.68. The Morgan fingerprint density at radius 1 is 0.850 bits per heavy atom. The Balaban J connectivity index is 4.22. The van der Waals surface area contributed by atoms with Crippen LogP contribution in [0.5, 0.6) is 0 Å². The van der Waals surface area contributed by atoms with Crippen molar-refractivity contribution in [3.05, 3.63) is 11.6 Å². The van der Waals surface area contributed by atoms with Crippen LogP contribution in [0.4, 0.5) is 0 Å². The standard InChI is InChI=1S/C20H40/c1-9-15(3)11-12-18(6)20(8)19(7)14-13-17(5)16(4)10-2/h13,15-16,18-20H,9-12,14H2,1-8H3. The zero-order valence-corrected chi connectivity index (χ0v) is 15.5. The lowest BCUT2D eigenvalue weighted by Crippen LogP contribution is -2.17. The summed E-state index contributed by atoms with van der Waals surface area (Å²) in [4.78, 5) is 0. The van der Waals surface area contributed by atoms with Crippen LogP contribution in [0.3, 0.4) is 0 Å². The lowest BCUT2D eigenvalue weighted by Gasteiger charge is -2.26. The van der Waals surface area contributed by atoms with Gasteiger partial charge in [0.05, 0.1) is 0 Å². The first-order valence-electron chi connectivity index (χ1n) is 8.99. The van der Waals surface area contributed by atoms with Crippen molar-refractivity contribution in [2.24, 2.45) is 29.6 Å². The molecule has 0 amide bonds. The minimum Gasteiger partial charge on any atom is -0.0851 e. The Bertz CT molecular complexity index is 263. The van der Waals surface area contributed by atoms with Crippen LogP contribution in [0.15, 0.2) is 11.6 Å². The smallest absolute Gasteiger partial charge is 0.0237 e. The van der Waals surface area contributed by atoms with E-state index in [1.54, 1.807) is 5.57 Å². The summed E-state index contributed by atoms with van der Waals surface area (Å²) in [5.41, 5.74) is 1.58. The lowest BCUT2D eigenvalue weighted by molar-refractivity contribution is 0.252. The normalized spacial score (nSPS) is 20.3. The van der Waals surface area contributed by atoms with Gasteiger partial charge in [0.2, 0.25) is 0 Å². The van der Waals surface area contributed by atoms with Gasteiger partial charge in [-0.1, -0.05) is 79.4 Å². The Kier molecular flexibility index (Phi) is 10.3. The van der Waals surface area contributed by atoms with Crippen molar-refractivity contribution < 1.29 is 0 Å². The van der Waals surface area contributed by atoms with E-state index in [4.69, 9.17) is 0 Å². The molecular weight excluding hydrogens is 240 g/mol. The van der Waals surface area contributed by atoms with E-state index >= 15 is 0 Å². The number of hydrogen-bond acceptors (Lipinski definition) is 0. The summed E-state index contributed by atoms with van der Waals surface area (Å²) in [6.07, 6.45) is 9.14. The molecule has 5 atom stereocenters. The fraction of sp³-hybridized carbons (Fsp3) is 0.900. The second-order valence-electron chi connectivity index (χ2n) is 7.40. The van der Waals surface area contributed by atoms with E-state index in [1.807, 2.05) is 0 Å². The molecule has 0 radical (unpaired) electrons. The summed E-state index contributed by atoms with van der Waals surface area (Å²) >= 11 is 0. The maximum atomic E-state index is 2.50. The minimum absolute atomic E-state index is 0.750. The molecule has 0 aromatic carbocycles. The van der Waals surface area contributed by atoms with Gasteiger partial charge in [-0.3, -0.25) is 0 Å². The van der Waals surface area contributed by atoms with Gasteiger partial charge in [0.15, 0.2) is 0 Å². The SMILES string of the molecule is CCC(C)CCC(C)C(C)C(C)CC=C(C)C(C)CC. The van der Waals surface area contributed by atoms with Gasteiger partial charge in [-0.2, -0.15) is 0 Å². The Hall–Kier alpha value is -0.260. The maximum Gasteiger partial charge on any atom is -0.0237 e. The highest BCUT2D eigenvalue weighted by Gasteiger charge is 2.19. The van der Waals surface area contributed by atoms with Crippen LogP contribution in [-0.2, 0) is 0 Å². The molecule has 0 rings (SSSR count). The first-order valence-corrected chi connectivity index (χ1v) is 8.99. The van der Waals surface area contributed by atoms with Crippen molar-refractivity contribution in [2.45, 2.75) is 87.5 Å². The topological polar surface area (TPSA) is 0 Å². The molecule has 5 unspecified atom stereocenters. The van der Waals surface area contributed by atoms with Crippen LogP contribution >= 0.6 is 0 Å². The quantitative estimate of drug-likeness (QED) is 0.374. The second kappa shape index (κ2) is 10.5. The summed E-state index contributed by atoms with van der Waals surface area (Å²) in [7, 11) is 0. The zero-order valence-electron chi connectivity index (χ0n) is 15.5. The Morgan fingerprint density at radius 3 is 1.95 bits per heavy atom. The van der Waals surface area contributed by atoms with Gasteiger partial charge < -0.3 is 0 Å². The molecule has 0 aliphatic heterocycles. The third-order valence-corrected chi connectivity index (χ3v) is 5.81. The van der Waals surface area contributed by atoms with E-state index in [9.17, 15) is 0 Å². The molecule has 0 N–H and O–H groups in total. The van der Waals surface area contributed by atoms with Gasteiger partial charge in [-0.05, 0) is 49.4 Å². The van der Waals surface area contributed by atoms with Crippen LogP contribution in [0.25, 0.3) is 0 Å². The molecule has 0 spiro atoms. The second-order valence-corrected chi connectivity index (χ2v) is 7.40. The fourth-order valence-corrected chi connectivity index (χ4v) is 2.68. The van der Waals surface area contributed by atoms with E-state index in [0.717, 1.165) is 29.6 Å². The van der Waals surface area contributed by atoms with Crippen molar-refractivity contribution in [1.82, 2.24) is 0 Å². The minimum atomic E-state index is 0.750. The molecule has 0 aliphatic rings. The number of rotatable bonds is 10. The molecule has 20 heavy (non-hydrogen) atoms. The summed E-state index contributed by atoms with van der Waals surface area (Å²) in [5.74, 6) is 4.14. The van der Waals surface area contributed by atoms with Crippen molar-refractivity contribution in [3.8, 4) is 0 Å².